The molecule has 20 heavy (non-hydrogen) atoms. The molecule has 0 radical (unpaired) electrons. The largest absolute Gasteiger partial charge is 0.493 e. The third kappa shape index (κ3) is 5.27. The third-order valence-electron chi connectivity index (χ3n) is 2.73. The van der Waals surface area contributed by atoms with E-state index in [1.165, 1.54) is 0 Å². The molecule has 0 saturated carbocycles. The molecule has 1 aromatic carbocycles. The minimum Gasteiger partial charge on any atom is -0.493 e. The number of benzene rings is 1. The molecule has 0 aliphatic rings. The Balaban J connectivity index is 2.36. The van der Waals surface area contributed by atoms with Crippen LogP contribution in [0.3, 0.4) is 0 Å². The molecule has 0 unspecified atom stereocenters. The Morgan fingerprint density at radius 3 is 2.65 bits per heavy atom. The van der Waals surface area contributed by atoms with E-state index in [2.05, 4.69) is 5.32 Å². The van der Waals surface area contributed by atoms with Gasteiger partial charge in [-0.2, -0.15) is 0 Å². The van der Waals surface area contributed by atoms with Gasteiger partial charge in [-0.05, 0) is 18.6 Å². The molecule has 0 spiro atoms. The van der Waals surface area contributed by atoms with Crippen molar-refractivity contribution in [1.29, 1.82) is 0 Å². The molecule has 6 heteroatoms. The highest BCUT2D eigenvalue weighted by Gasteiger charge is 2.18. The van der Waals surface area contributed by atoms with Crippen molar-refractivity contribution in [3.63, 3.8) is 0 Å². The lowest BCUT2D eigenvalue weighted by Crippen LogP contribution is -2.41. The Morgan fingerprint density at radius 1 is 1.35 bits per heavy atom. The number of hydrogen-bond donors (Lipinski definition) is 3. The Hall–Kier alpha value is -2.08. The van der Waals surface area contributed by atoms with Gasteiger partial charge >= 0.3 is 5.97 Å². The van der Waals surface area contributed by atoms with Crippen LogP contribution in [0.25, 0.3) is 0 Å². The molecule has 0 aliphatic heterocycles. The van der Waals surface area contributed by atoms with Gasteiger partial charge in [0.15, 0.2) is 0 Å². The number of carboxylic acids is 1. The Bertz CT molecular complexity index is 461. The Kier molecular flexibility index (Phi) is 6.52. The summed E-state index contributed by atoms with van der Waals surface area (Å²) in [7, 11) is 0. The summed E-state index contributed by atoms with van der Waals surface area (Å²) in [6.07, 6.45) is 0.0449. The average molecular weight is 281 g/mol. The molecule has 110 valence electrons. The van der Waals surface area contributed by atoms with Crippen molar-refractivity contribution in [2.24, 2.45) is 0 Å². The molecule has 0 bridgehead atoms. The number of nitrogens with one attached hydrogen (secondary N) is 1. The summed E-state index contributed by atoms with van der Waals surface area (Å²) in [5, 5.41) is 19.9. The van der Waals surface area contributed by atoms with Crippen LogP contribution >= 0.6 is 0 Å². The summed E-state index contributed by atoms with van der Waals surface area (Å²) in [6.45, 7) is 1.77. The summed E-state index contributed by atoms with van der Waals surface area (Å²) < 4.78 is 5.45. The predicted octanol–water partition coefficient (Wildman–Crippen LogP) is 0.716. The number of para-hydroxylation sites is 1. The molecule has 1 rings (SSSR count). The molecule has 1 aromatic rings. The van der Waals surface area contributed by atoms with Crippen LogP contribution in [-0.4, -0.2) is 41.3 Å². The molecule has 6 nitrogen and oxygen atoms in total. The topological polar surface area (TPSA) is 95.9 Å². The number of amides is 1. The summed E-state index contributed by atoms with van der Waals surface area (Å²) in [5.74, 6) is -0.878. The van der Waals surface area contributed by atoms with Crippen molar-refractivity contribution < 1.29 is 24.5 Å². The minimum absolute atomic E-state index is 0.0142. The molecule has 1 amide bonds. The molecule has 0 fully saturated rings. The summed E-state index contributed by atoms with van der Waals surface area (Å²) >= 11 is 0. The van der Waals surface area contributed by atoms with E-state index in [0.717, 1.165) is 5.56 Å². The second-order valence-electron chi connectivity index (χ2n) is 4.33. The highest BCUT2D eigenvalue weighted by Crippen LogP contribution is 2.16. The van der Waals surface area contributed by atoms with Gasteiger partial charge in [0.05, 0.1) is 13.0 Å². The average Bonchev–Trinajstić information content (AvgIpc) is 2.40. The fourth-order valence-electron chi connectivity index (χ4n) is 1.63. The van der Waals surface area contributed by atoms with E-state index in [1.54, 1.807) is 6.07 Å². The second-order valence-corrected chi connectivity index (χ2v) is 4.33. The van der Waals surface area contributed by atoms with E-state index in [-0.39, 0.29) is 26.1 Å². The van der Waals surface area contributed by atoms with Gasteiger partial charge in [-0.1, -0.05) is 18.2 Å². The maximum absolute atomic E-state index is 11.6. The van der Waals surface area contributed by atoms with Gasteiger partial charge in [0.25, 0.3) is 0 Å². The number of aryl methyl sites for hydroxylation is 1. The van der Waals surface area contributed by atoms with Crippen LogP contribution in [0.5, 0.6) is 5.75 Å². The number of hydrogen-bond acceptors (Lipinski definition) is 4. The van der Waals surface area contributed by atoms with Gasteiger partial charge in [-0.3, -0.25) is 4.79 Å². The first-order valence-electron chi connectivity index (χ1n) is 6.36. The molecular formula is C14H19NO5. The lowest BCUT2D eigenvalue weighted by molar-refractivity contribution is -0.142. The van der Waals surface area contributed by atoms with Crippen LogP contribution < -0.4 is 10.1 Å². The lowest BCUT2D eigenvalue weighted by Gasteiger charge is -2.13. The number of carbonyl (C=O) groups is 2. The predicted molar refractivity (Wildman–Crippen MR) is 72.6 cm³/mol. The number of rotatable bonds is 8. The number of carbonyl (C=O) groups excluding carboxylic acids is 1. The van der Waals surface area contributed by atoms with Crippen LogP contribution in [-0.2, 0) is 9.59 Å². The quantitative estimate of drug-likeness (QED) is 0.652. The van der Waals surface area contributed by atoms with Crippen molar-refractivity contribution in [2.45, 2.75) is 25.8 Å². The van der Waals surface area contributed by atoms with Gasteiger partial charge in [0.2, 0.25) is 5.91 Å². The van der Waals surface area contributed by atoms with E-state index in [0.29, 0.717) is 5.75 Å². The smallest absolute Gasteiger partial charge is 0.326 e. The number of aliphatic carboxylic acids is 1. The van der Waals surface area contributed by atoms with Gasteiger partial charge in [-0.25, -0.2) is 4.79 Å². The van der Waals surface area contributed by atoms with E-state index >= 15 is 0 Å². The molecule has 3 N–H and O–H groups in total. The Labute approximate surface area is 117 Å². The number of carboxylic acid groups (broad SMARTS) is 1. The van der Waals surface area contributed by atoms with Crippen LogP contribution in [0.15, 0.2) is 24.3 Å². The van der Waals surface area contributed by atoms with Gasteiger partial charge in [0, 0.05) is 13.0 Å². The summed E-state index contributed by atoms with van der Waals surface area (Å²) in [6, 6.07) is 6.37. The van der Waals surface area contributed by atoms with Crippen molar-refractivity contribution >= 4 is 11.9 Å². The maximum Gasteiger partial charge on any atom is 0.326 e. The molecule has 0 aliphatic carbocycles. The lowest BCUT2D eigenvalue weighted by atomic mass is 10.2. The Morgan fingerprint density at radius 2 is 2.05 bits per heavy atom. The SMILES string of the molecule is Cc1ccccc1OCCC(=O)N[C@H](CCO)C(=O)O. The third-order valence-corrected chi connectivity index (χ3v) is 2.73. The highest BCUT2D eigenvalue weighted by molar-refractivity contribution is 5.83. The molecule has 1 atom stereocenters. The number of aliphatic hydroxyl groups excluding tert-OH is 1. The van der Waals surface area contributed by atoms with E-state index in [9.17, 15) is 9.59 Å². The van der Waals surface area contributed by atoms with E-state index in [1.807, 2.05) is 25.1 Å². The molecule has 0 saturated heterocycles. The summed E-state index contributed by atoms with van der Waals surface area (Å²) in [5.41, 5.74) is 0.969. The first-order chi connectivity index (χ1) is 9.54. The molecule has 0 heterocycles. The fourth-order valence-corrected chi connectivity index (χ4v) is 1.63. The van der Waals surface area contributed by atoms with Crippen molar-refractivity contribution in [3.8, 4) is 5.75 Å². The van der Waals surface area contributed by atoms with E-state index in [4.69, 9.17) is 14.9 Å². The van der Waals surface area contributed by atoms with Crippen LogP contribution in [0.1, 0.15) is 18.4 Å². The van der Waals surface area contributed by atoms with E-state index < -0.39 is 17.9 Å². The standard InChI is InChI=1S/C14H19NO5/c1-10-4-2-3-5-12(10)20-9-7-13(17)15-11(6-8-16)14(18)19/h2-5,11,16H,6-9H2,1H3,(H,15,17)(H,18,19)/t11-/m1/s1. The minimum atomic E-state index is -1.16. The van der Waals surface area contributed by atoms with Crippen molar-refractivity contribution in [2.75, 3.05) is 13.2 Å². The molecule has 0 aromatic heterocycles. The zero-order valence-corrected chi connectivity index (χ0v) is 11.3. The highest BCUT2D eigenvalue weighted by atomic mass is 16.5. The number of ether oxygens (including phenoxy) is 1. The van der Waals surface area contributed by atoms with Gasteiger partial charge in [-0.15, -0.1) is 0 Å². The molecular weight excluding hydrogens is 262 g/mol. The first kappa shape index (κ1) is 16.0. The monoisotopic (exact) mass is 281 g/mol. The van der Waals surface area contributed by atoms with Gasteiger partial charge in [0.1, 0.15) is 11.8 Å². The second kappa shape index (κ2) is 8.16. The summed E-state index contributed by atoms with van der Waals surface area (Å²) in [4.78, 5) is 22.4. The van der Waals surface area contributed by atoms with Crippen molar-refractivity contribution in [1.82, 2.24) is 5.32 Å². The van der Waals surface area contributed by atoms with Crippen LogP contribution in [0.4, 0.5) is 0 Å². The van der Waals surface area contributed by atoms with Crippen molar-refractivity contribution in [3.05, 3.63) is 29.8 Å². The van der Waals surface area contributed by atoms with Crippen LogP contribution in [0, 0.1) is 6.92 Å². The zero-order chi connectivity index (χ0) is 15.0. The normalized spacial score (nSPS) is 11.7. The zero-order valence-electron chi connectivity index (χ0n) is 11.3. The fraction of sp³-hybridized carbons (Fsp3) is 0.429. The van der Waals surface area contributed by atoms with Crippen LogP contribution in [0.2, 0.25) is 0 Å². The maximum atomic E-state index is 11.6. The first-order valence-corrected chi connectivity index (χ1v) is 6.36. The van der Waals surface area contributed by atoms with Gasteiger partial charge < -0.3 is 20.3 Å². The number of aliphatic hydroxyl groups is 1.